The van der Waals surface area contributed by atoms with Crippen LogP contribution in [0.1, 0.15) is 38.7 Å². The minimum atomic E-state index is -0.801. The number of halogens is 2. The second kappa shape index (κ2) is 5.17. The number of nitrogens with two attached hydrogens (primary N) is 1. The summed E-state index contributed by atoms with van der Waals surface area (Å²) < 4.78 is 26.3. The van der Waals surface area contributed by atoms with Crippen LogP contribution in [-0.4, -0.2) is 29.6 Å². The first-order valence-corrected chi connectivity index (χ1v) is 6.74. The van der Waals surface area contributed by atoms with E-state index in [9.17, 15) is 8.78 Å². The van der Waals surface area contributed by atoms with Gasteiger partial charge in [-0.2, -0.15) is 0 Å². The first kappa shape index (κ1) is 14.4. The summed E-state index contributed by atoms with van der Waals surface area (Å²) in [6.07, 6.45) is 0.878. The molecule has 1 heterocycles. The summed E-state index contributed by atoms with van der Waals surface area (Å²) in [6.45, 7) is 8.21. The van der Waals surface area contributed by atoms with Gasteiger partial charge in [-0.25, -0.2) is 8.78 Å². The number of rotatable bonds is 1. The molecule has 1 aliphatic heterocycles. The Bertz CT molecular complexity index is 454. The maximum absolute atomic E-state index is 13.3. The van der Waals surface area contributed by atoms with Crippen molar-refractivity contribution < 1.29 is 8.78 Å². The van der Waals surface area contributed by atoms with Gasteiger partial charge in [0.2, 0.25) is 0 Å². The molecule has 0 amide bonds. The topological polar surface area (TPSA) is 29.3 Å². The smallest absolute Gasteiger partial charge is 0.159 e. The van der Waals surface area contributed by atoms with E-state index in [1.807, 2.05) is 0 Å². The van der Waals surface area contributed by atoms with Gasteiger partial charge in [-0.3, -0.25) is 4.90 Å². The summed E-state index contributed by atoms with van der Waals surface area (Å²) in [7, 11) is 0. The SMILES string of the molecule is CC(C)(C)N1CCC(c2ccc(F)c(F)c2)C(N)C1. The summed E-state index contributed by atoms with van der Waals surface area (Å²) >= 11 is 0. The van der Waals surface area contributed by atoms with Crippen LogP contribution in [0.3, 0.4) is 0 Å². The summed E-state index contributed by atoms with van der Waals surface area (Å²) in [6, 6.07) is 4.08. The second-order valence-electron chi connectivity index (χ2n) is 6.35. The van der Waals surface area contributed by atoms with Crippen LogP contribution in [0.5, 0.6) is 0 Å². The molecule has 0 aromatic heterocycles. The van der Waals surface area contributed by atoms with Crippen molar-refractivity contribution in [1.82, 2.24) is 4.90 Å². The third kappa shape index (κ3) is 3.12. The van der Waals surface area contributed by atoms with Crippen molar-refractivity contribution in [2.75, 3.05) is 13.1 Å². The lowest BCUT2D eigenvalue weighted by molar-refractivity contribution is 0.0901. The molecule has 4 heteroatoms. The van der Waals surface area contributed by atoms with Crippen LogP contribution >= 0.6 is 0 Å². The molecule has 2 N–H and O–H groups in total. The standard InChI is InChI=1S/C15H22F2N2/c1-15(2,3)19-7-6-11(14(18)9-19)10-4-5-12(16)13(17)8-10/h4-5,8,11,14H,6-7,9,18H2,1-3H3. The van der Waals surface area contributed by atoms with Crippen LogP contribution in [0.2, 0.25) is 0 Å². The molecule has 1 fully saturated rings. The molecule has 19 heavy (non-hydrogen) atoms. The lowest BCUT2D eigenvalue weighted by Gasteiger charge is -2.44. The fraction of sp³-hybridized carbons (Fsp3) is 0.600. The predicted molar refractivity (Wildman–Crippen MR) is 73.0 cm³/mol. The Morgan fingerprint density at radius 1 is 1.21 bits per heavy atom. The highest BCUT2D eigenvalue weighted by molar-refractivity contribution is 5.24. The Labute approximate surface area is 113 Å². The lowest BCUT2D eigenvalue weighted by atomic mass is 9.84. The maximum atomic E-state index is 13.3. The van der Waals surface area contributed by atoms with Gasteiger partial charge in [-0.15, -0.1) is 0 Å². The summed E-state index contributed by atoms with van der Waals surface area (Å²) in [5, 5.41) is 0. The zero-order valence-corrected chi connectivity index (χ0v) is 11.8. The zero-order valence-electron chi connectivity index (χ0n) is 11.8. The number of benzene rings is 1. The van der Waals surface area contributed by atoms with E-state index in [2.05, 4.69) is 25.7 Å². The van der Waals surface area contributed by atoms with Crippen LogP contribution in [0.4, 0.5) is 8.78 Å². The van der Waals surface area contributed by atoms with E-state index in [-0.39, 0.29) is 17.5 Å². The molecule has 1 saturated heterocycles. The molecule has 1 aliphatic rings. The molecular formula is C15H22F2N2. The van der Waals surface area contributed by atoms with Crippen molar-refractivity contribution in [3.05, 3.63) is 35.4 Å². The van der Waals surface area contributed by atoms with Gasteiger partial charge in [0.15, 0.2) is 11.6 Å². The zero-order chi connectivity index (χ0) is 14.2. The highest BCUT2D eigenvalue weighted by atomic mass is 19.2. The highest BCUT2D eigenvalue weighted by Gasteiger charge is 2.32. The van der Waals surface area contributed by atoms with Crippen molar-refractivity contribution in [1.29, 1.82) is 0 Å². The van der Waals surface area contributed by atoms with Gasteiger partial charge in [0.1, 0.15) is 0 Å². The molecule has 2 nitrogen and oxygen atoms in total. The van der Waals surface area contributed by atoms with Crippen LogP contribution in [0.15, 0.2) is 18.2 Å². The first-order valence-electron chi connectivity index (χ1n) is 6.74. The van der Waals surface area contributed by atoms with Gasteiger partial charge >= 0.3 is 0 Å². The first-order chi connectivity index (χ1) is 8.79. The predicted octanol–water partition coefficient (Wildman–Crippen LogP) is 2.88. The van der Waals surface area contributed by atoms with E-state index < -0.39 is 11.6 Å². The molecule has 0 bridgehead atoms. The molecule has 106 valence electrons. The van der Waals surface area contributed by atoms with E-state index >= 15 is 0 Å². The molecular weight excluding hydrogens is 246 g/mol. The molecule has 2 atom stereocenters. The normalized spacial score (nSPS) is 25.6. The minimum Gasteiger partial charge on any atom is -0.326 e. The van der Waals surface area contributed by atoms with Gasteiger partial charge in [-0.05, 0) is 51.4 Å². The molecule has 2 rings (SSSR count). The second-order valence-corrected chi connectivity index (χ2v) is 6.35. The maximum Gasteiger partial charge on any atom is 0.159 e. The number of hydrogen-bond acceptors (Lipinski definition) is 2. The summed E-state index contributed by atoms with van der Waals surface area (Å²) in [5.74, 6) is -1.49. The van der Waals surface area contributed by atoms with Crippen LogP contribution < -0.4 is 5.73 Å². The van der Waals surface area contributed by atoms with Crippen molar-refractivity contribution >= 4 is 0 Å². The third-order valence-corrected chi connectivity index (χ3v) is 3.98. The van der Waals surface area contributed by atoms with Gasteiger partial charge < -0.3 is 5.73 Å². The average Bonchev–Trinajstić information content (AvgIpc) is 2.31. The number of likely N-dealkylation sites (tertiary alicyclic amines) is 1. The van der Waals surface area contributed by atoms with Crippen molar-refractivity contribution in [3.8, 4) is 0 Å². The van der Waals surface area contributed by atoms with Crippen molar-refractivity contribution in [2.45, 2.75) is 44.7 Å². The van der Waals surface area contributed by atoms with Gasteiger partial charge in [0.25, 0.3) is 0 Å². The molecule has 0 radical (unpaired) electrons. The molecule has 2 unspecified atom stereocenters. The van der Waals surface area contributed by atoms with E-state index in [1.165, 1.54) is 12.1 Å². The van der Waals surface area contributed by atoms with Gasteiger partial charge in [-0.1, -0.05) is 6.07 Å². The summed E-state index contributed by atoms with van der Waals surface area (Å²) in [5.41, 5.74) is 7.13. The van der Waals surface area contributed by atoms with Crippen LogP contribution in [-0.2, 0) is 0 Å². The van der Waals surface area contributed by atoms with Crippen LogP contribution in [0, 0.1) is 11.6 Å². The molecule has 1 aromatic carbocycles. The third-order valence-electron chi connectivity index (χ3n) is 3.98. The van der Waals surface area contributed by atoms with E-state index in [0.717, 1.165) is 25.1 Å². The quantitative estimate of drug-likeness (QED) is 0.848. The largest absolute Gasteiger partial charge is 0.326 e. The highest BCUT2D eigenvalue weighted by Crippen LogP contribution is 2.31. The average molecular weight is 268 g/mol. The van der Waals surface area contributed by atoms with Gasteiger partial charge in [0.05, 0.1) is 0 Å². The molecule has 1 aromatic rings. The number of nitrogens with zero attached hydrogens (tertiary/aromatic N) is 1. The molecule has 0 spiro atoms. The summed E-state index contributed by atoms with van der Waals surface area (Å²) in [4.78, 5) is 2.34. The Morgan fingerprint density at radius 3 is 2.42 bits per heavy atom. The van der Waals surface area contributed by atoms with Crippen LogP contribution in [0.25, 0.3) is 0 Å². The molecule has 0 aliphatic carbocycles. The Balaban J connectivity index is 2.13. The number of piperidine rings is 1. The fourth-order valence-electron chi connectivity index (χ4n) is 2.75. The minimum absolute atomic E-state index is 0.0437. The Morgan fingerprint density at radius 2 is 1.89 bits per heavy atom. The Hall–Kier alpha value is -1.00. The van der Waals surface area contributed by atoms with Gasteiger partial charge in [0, 0.05) is 24.0 Å². The number of hydrogen-bond donors (Lipinski definition) is 1. The monoisotopic (exact) mass is 268 g/mol. The Kier molecular flexibility index (Phi) is 3.92. The fourth-order valence-corrected chi connectivity index (χ4v) is 2.75. The lowest BCUT2D eigenvalue weighted by Crippen LogP contribution is -2.54. The van der Waals surface area contributed by atoms with E-state index in [1.54, 1.807) is 6.07 Å². The van der Waals surface area contributed by atoms with Crippen molar-refractivity contribution in [3.63, 3.8) is 0 Å². The van der Waals surface area contributed by atoms with Crippen molar-refractivity contribution in [2.24, 2.45) is 5.73 Å². The molecule has 0 saturated carbocycles. The van der Waals surface area contributed by atoms with E-state index in [4.69, 9.17) is 5.73 Å². The van der Waals surface area contributed by atoms with E-state index in [0.29, 0.717) is 0 Å².